The molecular formula is C12H11Cl2N3. The van der Waals surface area contributed by atoms with Crippen molar-refractivity contribution in [3.05, 3.63) is 40.0 Å². The van der Waals surface area contributed by atoms with Crippen LogP contribution in [0.2, 0.25) is 10.0 Å². The Bertz CT molecular complexity index is 555. The van der Waals surface area contributed by atoms with Crippen molar-refractivity contribution < 1.29 is 0 Å². The van der Waals surface area contributed by atoms with Gasteiger partial charge in [-0.1, -0.05) is 30.1 Å². The van der Waals surface area contributed by atoms with E-state index in [1.165, 1.54) is 0 Å². The lowest BCUT2D eigenvalue weighted by atomic mass is 10.2. The van der Waals surface area contributed by atoms with Gasteiger partial charge in [-0.25, -0.2) is 9.97 Å². The van der Waals surface area contributed by atoms with Crippen molar-refractivity contribution in [3.8, 4) is 11.4 Å². The smallest absolute Gasteiger partial charge is 0.161 e. The van der Waals surface area contributed by atoms with Gasteiger partial charge < -0.3 is 5.73 Å². The van der Waals surface area contributed by atoms with Crippen molar-refractivity contribution in [3.63, 3.8) is 0 Å². The third-order valence-corrected chi connectivity index (χ3v) is 3.08. The zero-order chi connectivity index (χ0) is 12.4. The van der Waals surface area contributed by atoms with Gasteiger partial charge in [-0.05, 0) is 24.6 Å². The second-order valence-electron chi connectivity index (χ2n) is 3.59. The molecule has 0 saturated carbocycles. The number of nitrogen functional groups attached to an aromatic ring is 1. The van der Waals surface area contributed by atoms with Crippen LogP contribution in [0, 0.1) is 0 Å². The summed E-state index contributed by atoms with van der Waals surface area (Å²) in [6.45, 7) is 2.01. The highest BCUT2D eigenvalue weighted by Crippen LogP contribution is 2.27. The Morgan fingerprint density at radius 3 is 2.53 bits per heavy atom. The van der Waals surface area contributed by atoms with Gasteiger partial charge in [-0.15, -0.1) is 0 Å². The molecule has 0 aliphatic carbocycles. The Labute approximate surface area is 110 Å². The van der Waals surface area contributed by atoms with Gasteiger partial charge in [0.1, 0.15) is 5.82 Å². The predicted octanol–water partition coefficient (Wildman–Crippen LogP) is 3.60. The van der Waals surface area contributed by atoms with Crippen molar-refractivity contribution in [1.29, 1.82) is 0 Å². The van der Waals surface area contributed by atoms with Crippen LogP contribution in [0.15, 0.2) is 24.3 Å². The Morgan fingerprint density at radius 1 is 1.12 bits per heavy atom. The number of halogens is 2. The molecule has 17 heavy (non-hydrogen) atoms. The number of aryl methyl sites for hydroxylation is 1. The molecule has 0 atom stereocenters. The number of hydrogen-bond acceptors (Lipinski definition) is 3. The first-order valence-electron chi connectivity index (χ1n) is 5.19. The van der Waals surface area contributed by atoms with Crippen LogP contribution >= 0.6 is 23.2 Å². The molecule has 0 aliphatic rings. The number of hydrogen-bond donors (Lipinski definition) is 1. The molecule has 1 aromatic heterocycles. The van der Waals surface area contributed by atoms with Crippen LogP contribution in [-0.4, -0.2) is 9.97 Å². The van der Waals surface area contributed by atoms with Crippen molar-refractivity contribution in [1.82, 2.24) is 9.97 Å². The van der Waals surface area contributed by atoms with Crippen LogP contribution in [0.25, 0.3) is 11.4 Å². The fraction of sp³-hybridized carbons (Fsp3) is 0.167. The minimum absolute atomic E-state index is 0.456. The van der Waals surface area contributed by atoms with E-state index in [9.17, 15) is 0 Å². The summed E-state index contributed by atoms with van der Waals surface area (Å²) in [5.41, 5.74) is 7.44. The SMILES string of the molecule is CCc1cc(N)nc(-c2ccc(Cl)c(Cl)c2)n1. The highest BCUT2D eigenvalue weighted by atomic mass is 35.5. The van der Waals surface area contributed by atoms with Gasteiger partial charge in [-0.2, -0.15) is 0 Å². The monoisotopic (exact) mass is 267 g/mol. The van der Waals surface area contributed by atoms with Crippen LogP contribution in [-0.2, 0) is 6.42 Å². The number of aromatic nitrogens is 2. The fourth-order valence-electron chi connectivity index (χ4n) is 1.46. The average molecular weight is 268 g/mol. The molecule has 2 N–H and O–H groups in total. The Morgan fingerprint density at radius 2 is 1.88 bits per heavy atom. The second kappa shape index (κ2) is 4.90. The first-order chi connectivity index (χ1) is 8.10. The number of benzene rings is 1. The van der Waals surface area contributed by atoms with Gasteiger partial charge in [0.2, 0.25) is 0 Å². The summed E-state index contributed by atoms with van der Waals surface area (Å²) in [6.07, 6.45) is 0.807. The summed E-state index contributed by atoms with van der Waals surface area (Å²) in [5, 5.41) is 0.989. The second-order valence-corrected chi connectivity index (χ2v) is 4.40. The van der Waals surface area contributed by atoms with Crippen molar-refractivity contribution in [2.75, 3.05) is 5.73 Å². The number of nitrogens with two attached hydrogens (primary N) is 1. The molecule has 0 unspecified atom stereocenters. The average Bonchev–Trinajstić information content (AvgIpc) is 2.32. The van der Waals surface area contributed by atoms with Crippen LogP contribution in [0.3, 0.4) is 0 Å². The summed E-state index contributed by atoms with van der Waals surface area (Å²) in [4.78, 5) is 8.59. The standard InChI is InChI=1S/C12H11Cl2N3/c1-2-8-6-11(15)17-12(16-8)7-3-4-9(13)10(14)5-7/h3-6H,2H2,1H3,(H2,15,16,17). The van der Waals surface area contributed by atoms with E-state index in [1.807, 2.05) is 13.0 Å². The van der Waals surface area contributed by atoms with E-state index in [2.05, 4.69) is 9.97 Å². The molecule has 0 spiro atoms. The zero-order valence-electron chi connectivity index (χ0n) is 9.24. The molecule has 0 radical (unpaired) electrons. The highest BCUT2D eigenvalue weighted by molar-refractivity contribution is 6.42. The lowest BCUT2D eigenvalue weighted by Gasteiger charge is -2.05. The molecule has 3 nitrogen and oxygen atoms in total. The fourth-order valence-corrected chi connectivity index (χ4v) is 1.76. The van der Waals surface area contributed by atoms with Crippen molar-refractivity contribution in [2.45, 2.75) is 13.3 Å². The minimum Gasteiger partial charge on any atom is -0.384 e. The van der Waals surface area contributed by atoms with Crippen molar-refractivity contribution in [2.24, 2.45) is 0 Å². The quantitative estimate of drug-likeness (QED) is 0.905. The van der Waals surface area contributed by atoms with Gasteiger partial charge in [0.25, 0.3) is 0 Å². The van der Waals surface area contributed by atoms with Gasteiger partial charge in [0, 0.05) is 17.3 Å². The van der Waals surface area contributed by atoms with E-state index in [0.717, 1.165) is 17.7 Å². The maximum atomic E-state index is 5.96. The maximum Gasteiger partial charge on any atom is 0.161 e. The molecule has 2 rings (SSSR count). The normalized spacial score (nSPS) is 10.5. The third kappa shape index (κ3) is 2.68. The zero-order valence-corrected chi connectivity index (χ0v) is 10.8. The Balaban J connectivity index is 2.52. The van der Waals surface area contributed by atoms with Gasteiger partial charge in [-0.3, -0.25) is 0 Å². The summed E-state index contributed by atoms with van der Waals surface area (Å²) in [5.74, 6) is 1.03. The molecule has 88 valence electrons. The third-order valence-electron chi connectivity index (χ3n) is 2.34. The largest absolute Gasteiger partial charge is 0.384 e. The summed E-state index contributed by atoms with van der Waals surface area (Å²) in [6, 6.07) is 7.04. The molecule has 0 saturated heterocycles. The van der Waals surface area contributed by atoms with E-state index < -0.39 is 0 Å². The number of rotatable bonds is 2. The first-order valence-corrected chi connectivity index (χ1v) is 5.94. The molecule has 0 aliphatic heterocycles. The van der Waals surface area contributed by atoms with Crippen LogP contribution in [0.5, 0.6) is 0 Å². The Kier molecular flexibility index (Phi) is 3.50. The predicted molar refractivity (Wildman–Crippen MR) is 71.3 cm³/mol. The first kappa shape index (κ1) is 12.1. The van der Waals surface area contributed by atoms with Crippen LogP contribution < -0.4 is 5.73 Å². The summed E-state index contributed by atoms with van der Waals surface area (Å²) in [7, 11) is 0. The molecule has 1 heterocycles. The highest BCUT2D eigenvalue weighted by Gasteiger charge is 2.07. The van der Waals surface area contributed by atoms with E-state index in [1.54, 1.807) is 18.2 Å². The van der Waals surface area contributed by atoms with E-state index in [-0.39, 0.29) is 0 Å². The van der Waals surface area contributed by atoms with Crippen LogP contribution in [0.4, 0.5) is 5.82 Å². The molecule has 1 aromatic carbocycles. The van der Waals surface area contributed by atoms with E-state index in [0.29, 0.717) is 21.7 Å². The Hall–Kier alpha value is -1.32. The lowest BCUT2D eigenvalue weighted by Crippen LogP contribution is -1.99. The minimum atomic E-state index is 0.456. The van der Waals surface area contributed by atoms with Gasteiger partial charge in [0.05, 0.1) is 10.0 Å². The molecular weight excluding hydrogens is 257 g/mol. The molecule has 2 aromatic rings. The topological polar surface area (TPSA) is 51.8 Å². The van der Waals surface area contributed by atoms with Gasteiger partial charge in [0.15, 0.2) is 5.82 Å². The summed E-state index contributed by atoms with van der Waals surface area (Å²) >= 11 is 11.8. The number of anilines is 1. The van der Waals surface area contributed by atoms with E-state index in [4.69, 9.17) is 28.9 Å². The molecule has 5 heteroatoms. The molecule has 0 bridgehead atoms. The maximum absolute atomic E-state index is 5.96. The molecule has 0 fully saturated rings. The summed E-state index contributed by atoms with van der Waals surface area (Å²) < 4.78 is 0. The van der Waals surface area contributed by atoms with Gasteiger partial charge >= 0.3 is 0 Å². The van der Waals surface area contributed by atoms with E-state index >= 15 is 0 Å². The van der Waals surface area contributed by atoms with Crippen LogP contribution in [0.1, 0.15) is 12.6 Å². The van der Waals surface area contributed by atoms with Crippen molar-refractivity contribution >= 4 is 29.0 Å². The molecule has 0 amide bonds. The number of nitrogens with zero attached hydrogens (tertiary/aromatic N) is 2. The lowest BCUT2D eigenvalue weighted by molar-refractivity contribution is 1.01.